The van der Waals surface area contributed by atoms with Crippen molar-refractivity contribution in [2.24, 2.45) is 5.41 Å². The third-order valence-electron chi connectivity index (χ3n) is 3.22. The maximum Gasteiger partial charge on any atom is 0.00721 e. The van der Waals surface area contributed by atoms with Crippen LogP contribution in [0, 0.1) is 5.41 Å². The first-order valence-corrected chi connectivity index (χ1v) is 5.98. The van der Waals surface area contributed by atoms with Crippen LogP contribution >= 0.6 is 0 Å². The maximum atomic E-state index is 3.74. The largest absolute Gasteiger partial charge is 0.314 e. The summed E-state index contributed by atoms with van der Waals surface area (Å²) >= 11 is 0. The zero-order valence-electron chi connectivity index (χ0n) is 9.81. The van der Waals surface area contributed by atoms with Crippen molar-refractivity contribution in [1.29, 1.82) is 0 Å². The van der Waals surface area contributed by atoms with E-state index in [2.05, 4.69) is 25.7 Å². The van der Waals surface area contributed by atoms with Crippen LogP contribution in [-0.2, 0) is 0 Å². The Balaban J connectivity index is 2.14. The summed E-state index contributed by atoms with van der Waals surface area (Å²) in [5.74, 6) is 0. The average Bonchev–Trinajstić information content (AvgIpc) is 2.11. The van der Waals surface area contributed by atoms with E-state index in [4.69, 9.17) is 0 Å². The number of unbranched alkanes of at least 4 members (excludes halogenated alkanes) is 1. The molecule has 1 nitrogen and oxygen atoms in total. The zero-order valence-corrected chi connectivity index (χ0v) is 9.81. The van der Waals surface area contributed by atoms with Crippen molar-refractivity contribution in [3.05, 3.63) is 12.7 Å². The first-order chi connectivity index (χ1) is 6.64. The van der Waals surface area contributed by atoms with Gasteiger partial charge >= 0.3 is 0 Å². The molecule has 1 saturated carbocycles. The second kappa shape index (κ2) is 5.55. The molecule has 0 aromatic rings. The molecule has 1 unspecified atom stereocenters. The third kappa shape index (κ3) is 4.28. The van der Waals surface area contributed by atoms with Crippen molar-refractivity contribution in [2.45, 2.75) is 58.4 Å². The molecule has 0 amide bonds. The molecule has 1 fully saturated rings. The van der Waals surface area contributed by atoms with Gasteiger partial charge in [0.25, 0.3) is 0 Å². The van der Waals surface area contributed by atoms with Gasteiger partial charge in [-0.25, -0.2) is 0 Å². The summed E-state index contributed by atoms with van der Waals surface area (Å²) in [4.78, 5) is 0. The molecule has 82 valence electrons. The molecule has 0 spiro atoms. The van der Waals surface area contributed by atoms with Gasteiger partial charge in [0.1, 0.15) is 0 Å². The van der Waals surface area contributed by atoms with Gasteiger partial charge in [-0.15, -0.1) is 6.58 Å². The molecule has 0 aliphatic heterocycles. The van der Waals surface area contributed by atoms with E-state index in [-0.39, 0.29) is 0 Å². The second-order valence-corrected chi connectivity index (χ2v) is 5.34. The molecule has 1 aliphatic carbocycles. The van der Waals surface area contributed by atoms with Crippen molar-refractivity contribution < 1.29 is 0 Å². The van der Waals surface area contributed by atoms with E-state index in [0.29, 0.717) is 5.41 Å². The molecule has 1 aliphatic rings. The highest BCUT2D eigenvalue weighted by atomic mass is 14.9. The summed E-state index contributed by atoms with van der Waals surface area (Å²) in [6.45, 7) is 9.69. The lowest BCUT2D eigenvalue weighted by Gasteiger charge is -2.35. The minimum Gasteiger partial charge on any atom is -0.314 e. The molecule has 0 aromatic carbocycles. The lowest BCUT2D eigenvalue weighted by molar-refractivity contribution is 0.198. The molecule has 0 bridgehead atoms. The fraction of sp³-hybridized carbons (Fsp3) is 0.846. The normalized spacial score (nSPS) is 26.0. The number of allylic oxidation sites excluding steroid dienone is 1. The smallest absolute Gasteiger partial charge is 0.00721 e. The molecule has 14 heavy (non-hydrogen) atoms. The van der Waals surface area contributed by atoms with Gasteiger partial charge in [-0.05, 0) is 44.1 Å². The molecular weight excluding hydrogens is 170 g/mol. The zero-order chi connectivity index (χ0) is 10.4. The molecule has 0 aromatic heterocycles. The Labute approximate surface area is 89.0 Å². The van der Waals surface area contributed by atoms with Gasteiger partial charge in [0.15, 0.2) is 0 Å². The quantitative estimate of drug-likeness (QED) is 0.523. The topological polar surface area (TPSA) is 12.0 Å². The Bertz CT molecular complexity index is 172. The van der Waals surface area contributed by atoms with Crippen molar-refractivity contribution in [1.82, 2.24) is 5.32 Å². The summed E-state index contributed by atoms with van der Waals surface area (Å²) < 4.78 is 0. The lowest BCUT2D eigenvalue weighted by Crippen LogP contribution is -2.37. The van der Waals surface area contributed by atoms with Crippen LogP contribution in [0.15, 0.2) is 12.7 Å². The first-order valence-electron chi connectivity index (χ1n) is 5.98. The van der Waals surface area contributed by atoms with Crippen molar-refractivity contribution >= 4 is 0 Å². The molecule has 0 saturated heterocycles. The predicted molar refractivity (Wildman–Crippen MR) is 63.5 cm³/mol. The van der Waals surface area contributed by atoms with Crippen LogP contribution in [0.2, 0.25) is 0 Å². The van der Waals surface area contributed by atoms with E-state index in [1.165, 1.54) is 32.1 Å². The molecule has 0 radical (unpaired) electrons. The lowest BCUT2D eigenvalue weighted by atomic mass is 9.75. The van der Waals surface area contributed by atoms with Crippen molar-refractivity contribution in [3.8, 4) is 0 Å². The Morgan fingerprint density at radius 3 is 2.93 bits per heavy atom. The Kier molecular flexibility index (Phi) is 4.67. The van der Waals surface area contributed by atoms with Gasteiger partial charge in [0, 0.05) is 6.04 Å². The van der Waals surface area contributed by atoms with E-state index in [9.17, 15) is 0 Å². The maximum absolute atomic E-state index is 3.74. The Hall–Kier alpha value is -0.300. The highest BCUT2D eigenvalue weighted by molar-refractivity contribution is 4.83. The van der Waals surface area contributed by atoms with Gasteiger partial charge in [0.05, 0.1) is 0 Å². The van der Waals surface area contributed by atoms with Crippen LogP contribution < -0.4 is 5.32 Å². The third-order valence-corrected chi connectivity index (χ3v) is 3.22. The van der Waals surface area contributed by atoms with Crippen LogP contribution in [-0.4, -0.2) is 12.6 Å². The van der Waals surface area contributed by atoms with Crippen LogP contribution in [0.1, 0.15) is 52.4 Å². The van der Waals surface area contributed by atoms with Crippen LogP contribution in [0.5, 0.6) is 0 Å². The van der Waals surface area contributed by atoms with E-state index in [0.717, 1.165) is 19.0 Å². The van der Waals surface area contributed by atoms with E-state index >= 15 is 0 Å². The highest BCUT2D eigenvalue weighted by Gasteiger charge is 2.27. The van der Waals surface area contributed by atoms with Crippen LogP contribution in [0.3, 0.4) is 0 Å². The fourth-order valence-corrected chi connectivity index (χ4v) is 2.42. The summed E-state index contributed by atoms with van der Waals surface area (Å²) in [7, 11) is 0. The minimum absolute atomic E-state index is 0.564. The summed E-state index contributed by atoms with van der Waals surface area (Å²) in [5.41, 5.74) is 0.564. The Morgan fingerprint density at radius 2 is 2.29 bits per heavy atom. The monoisotopic (exact) mass is 195 g/mol. The summed E-state index contributed by atoms with van der Waals surface area (Å²) in [6.07, 6.45) is 9.90. The molecular formula is C13H25N. The van der Waals surface area contributed by atoms with Gasteiger partial charge in [-0.2, -0.15) is 0 Å². The minimum atomic E-state index is 0.564. The predicted octanol–water partition coefficient (Wildman–Crippen LogP) is 3.51. The average molecular weight is 195 g/mol. The van der Waals surface area contributed by atoms with Crippen molar-refractivity contribution in [3.63, 3.8) is 0 Å². The van der Waals surface area contributed by atoms with Gasteiger partial charge in [0.2, 0.25) is 0 Å². The fourth-order valence-electron chi connectivity index (χ4n) is 2.42. The van der Waals surface area contributed by atoms with Crippen LogP contribution in [0.4, 0.5) is 0 Å². The summed E-state index contributed by atoms with van der Waals surface area (Å²) in [6, 6.07) is 0.767. The molecule has 1 heteroatoms. The van der Waals surface area contributed by atoms with E-state index < -0.39 is 0 Å². The second-order valence-electron chi connectivity index (χ2n) is 5.34. The number of hydrogen-bond donors (Lipinski definition) is 1. The summed E-state index contributed by atoms with van der Waals surface area (Å²) in [5, 5.41) is 3.66. The SMILES string of the molecule is C=CCCCNC1CCCC(C)(C)C1. The van der Waals surface area contributed by atoms with Gasteiger partial charge in [-0.1, -0.05) is 26.3 Å². The van der Waals surface area contributed by atoms with Gasteiger partial charge in [-0.3, -0.25) is 0 Å². The number of nitrogens with one attached hydrogen (secondary N) is 1. The van der Waals surface area contributed by atoms with Crippen molar-refractivity contribution in [2.75, 3.05) is 6.54 Å². The first kappa shape index (κ1) is 11.8. The molecule has 1 rings (SSSR count). The number of hydrogen-bond acceptors (Lipinski definition) is 1. The Morgan fingerprint density at radius 1 is 1.50 bits per heavy atom. The van der Waals surface area contributed by atoms with E-state index in [1.807, 2.05) is 6.08 Å². The molecule has 0 heterocycles. The number of rotatable bonds is 5. The van der Waals surface area contributed by atoms with Crippen LogP contribution in [0.25, 0.3) is 0 Å². The van der Waals surface area contributed by atoms with E-state index in [1.54, 1.807) is 0 Å². The molecule has 1 N–H and O–H groups in total. The highest BCUT2D eigenvalue weighted by Crippen LogP contribution is 2.34. The molecule has 1 atom stereocenters. The standard InChI is InChI=1S/C13H25N/c1-4-5-6-10-14-12-8-7-9-13(2,3)11-12/h4,12,14H,1,5-11H2,2-3H3. The van der Waals surface area contributed by atoms with Gasteiger partial charge < -0.3 is 5.32 Å².